The summed E-state index contributed by atoms with van der Waals surface area (Å²) < 4.78 is 0. The molecule has 0 aliphatic heterocycles. The first-order chi connectivity index (χ1) is 6.11. The number of primary amides is 1. The molecule has 0 unspecified atom stereocenters. The van der Waals surface area contributed by atoms with E-state index in [1.165, 1.54) is 11.3 Å². The first-order valence-corrected chi connectivity index (χ1v) is 4.32. The van der Waals surface area contributed by atoms with Crippen LogP contribution in [0.3, 0.4) is 0 Å². The number of carboxylic acids is 1. The average Bonchev–Trinajstić information content (AvgIpc) is 2.47. The van der Waals surface area contributed by atoms with Gasteiger partial charge in [-0.05, 0) is 11.4 Å². The van der Waals surface area contributed by atoms with Crippen molar-refractivity contribution >= 4 is 28.2 Å². The first-order valence-electron chi connectivity index (χ1n) is 3.44. The van der Waals surface area contributed by atoms with E-state index in [4.69, 9.17) is 10.8 Å². The number of aliphatic carboxylic acids is 1. The maximum Gasteiger partial charge on any atom is 0.322 e. The largest absolute Gasteiger partial charge is 0.480 e. The quantitative estimate of drug-likeness (QED) is 0.653. The molecule has 1 heterocycles. The minimum absolute atomic E-state index is 0.221. The van der Waals surface area contributed by atoms with Crippen LogP contribution >= 0.6 is 11.3 Å². The van der Waals surface area contributed by atoms with Gasteiger partial charge in [-0.15, -0.1) is 11.3 Å². The maximum atomic E-state index is 10.8. The van der Waals surface area contributed by atoms with Gasteiger partial charge in [-0.25, -0.2) is 0 Å². The molecule has 1 aromatic rings. The van der Waals surface area contributed by atoms with E-state index in [0.717, 1.165) is 0 Å². The van der Waals surface area contributed by atoms with E-state index in [2.05, 4.69) is 5.32 Å². The molecule has 70 valence electrons. The molecule has 0 aromatic carbocycles. The third-order valence-corrected chi connectivity index (χ3v) is 2.20. The molecule has 0 atom stereocenters. The minimum Gasteiger partial charge on any atom is -0.480 e. The topological polar surface area (TPSA) is 92.4 Å². The fraction of sp³-hybridized carbons (Fsp3) is 0.143. The number of rotatable bonds is 4. The van der Waals surface area contributed by atoms with Crippen molar-refractivity contribution in [1.29, 1.82) is 0 Å². The summed E-state index contributed by atoms with van der Waals surface area (Å²) in [6, 6.07) is 1.55. The fourth-order valence-electron chi connectivity index (χ4n) is 0.796. The molecule has 0 fully saturated rings. The third-order valence-electron chi connectivity index (χ3n) is 1.33. The molecule has 13 heavy (non-hydrogen) atoms. The fourth-order valence-corrected chi connectivity index (χ4v) is 1.59. The first kappa shape index (κ1) is 9.53. The lowest BCUT2D eigenvalue weighted by Gasteiger charge is -2.00. The van der Waals surface area contributed by atoms with Gasteiger partial charge in [0, 0.05) is 0 Å². The highest BCUT2D eigenvalue weighted by molar-refractivity contribution is 7.14. The molecule has 0 saturated carbocycles. The van der Waals surface area contributed by atoms with Crippen LogP contribution in [0.1, 0.15) is 10.4 Å². The molecule has 0 bridgehead atoms. The molecule has 1 rings (SSSR count). The summed E-state index contributed by atoms with van der Waals surface area (Å²) in [6.07, 6.45) is 0. The summed E-state index contributed by atoms with van der Waals surface area (Å²) in [5.74, 6) is -1.54. The number of anilines is 1. The van der Waals surface area contributed by atoms with Crippen molar-refractivity contribution in [2.24, 2.45) is 5.73 Å². The van der Waals surface area contributed by atoms with Crippen LogP contribution in [0.25, 0.3) is 0 Å². The Morgan fingerprint density at radius 2 is 2.31 bits per heavy atom. The summed E-state index contributed by atoms with van der Waals surface area (Å²) in [4.78, 5) is 21.0. The van der Waals surface area contributed by atoms with Crippen molar-refractivity contribution in [3.8, 4) is 0 Å². The highest BCUT2D eigenvalue weighted by atomic mass is 32.1. The van der Waals surface area contributed by atoms with Crippen LogP contribution in [0.5, 0.6) is 0 Å². The summed E-state index contributed by atoms with van der Waals surface area (Å²) >= 11 is 1.24. The number of carboxylic acid groups (broad SMARTS) is 1. The van der Waals surface area contributed by atoms with Crippen molar-refractivity contribution in [3.05, 3.63) is 17.0 Å². The average molecular weight is 200 g/mol. The Labute approximate surface area is 78.2 Å². The Morgan fingerprint density at radius 3 is 2.85 bits per heavy atom. The maximum absolute atomic E-state index is 10.8. The monoisotopic (exact) mass is 200 g/mol. The number of thiophene rings is 1. The molecule has 0 aliphatic rings. The summed E-state index contributed by atoms with van der Waals surface area (Å²) in [5.41, 5.74) is 5.37. The van der Waals surface area contributed by atoms with Crippen molar-refractivity contribution in [1.82, 2.24) is 0 Å². The Morgan fingerprint density at radius 1 is 1.62 bits per heavy atom. The predicted molar refractivity (Wildman–Crippen MR) is 49.0 cm³/mol. The van der Waals surface area contributed by atoms with Crippen LogP contribution in [0, 0.1) is 0 Å². The molecule has 5 nitrogen and oxygen atoms in total. The molecule has 1 aromatic heterocycles. The lowest BCUT2D eigenvalue weighted by atomic mass is 10.3. The van der Waals surface area contributed by atoms with Crippen LogP contribution in [-0.4, -0.2) is 23.5 Å². The standard InChI is InChI=1S/C7H8N2O3S/c8-6(12)4-1-2-13-7(4)9-3-5(10)11/h1-2,9H,3H2,(H2,8,12)(H,10,11). The summed E-state index contributed by atoms with van der Waals surface area (Å²) in [6.45, 7) is -0.221. The van der Waals surface area contributed by atoms with Crippen molar-refractivity contribution < 1.29 is 14.7 Å². The van der Waals surface area contributed by atoms with Crippen LogP contribution in [-0.2, 0) is 4.79 Å². The lowest BCUT2D eigenvalue weighted by Crippen LogP contribution is -2.16. The smallest absolute Gasteiger partial charge is 0.322 e. The van der Waals surface area contributed by atoms with Gasteiger partial charge < -0.3 is 16.2 Å². The highest BCUT2D eigenvalue weighted by Crippen LogP contribution is 2.21. The zero-order valence-electron chi connectivity index (χ0n) is 6.61. The molecule has 0 spiro atoms. The Balaban J connectivity index is 2.71. The second kappa shape index (κ2) is 3.90. The molecule has 0 radical (unpaired) electrons. The van der Waals surface area contributed by atoms with E-state index in [9.17, 15) is 9.59 Å². The number of hydrogen-bond acceptors (Lipinski definition) is 4. The van der Waals surface area contributed by atoms with E-state index < -0.39 is 11.9 Å². The van der Waals surface area contributed by atoms with E-state index in [0.29, 0.717) is 10.6 Å². The number of hydrogen-bond donors (Lipinski definition) is 3. The van der Waals surface area contributed by atoms with Crippen LogP contribution in [0.2, 0.25) is 0 Å². The summed E-state index contributed by atoms with van der Waals surface area (Å²) in [5, 5.41) is 13.1. The van der Waals surface area contributed by atoms with Gasteiger partial charge >= 0.3 is 5.97 Å². The van der Waals surface area contributed by atoms with Crippen molar-refractivity contribution in [3.63, 3.8) is 0 Å². The van der Waals surface area contributed by atoms with Crippen LogP contribution in [0.15, 0.2) is 11.4 Å². The van der Waals surface area contributed by atoms with Gasteiger partial charge in [-0.3, -0.25) is 9.59 Å². The van der Waals surface area contributed by atoms with Crippen molar-refractivity contribution in [2.45, 2.75) is 0 Å². The number of nitrogens with two attached hydrogens (primary N) is 1. The second-order valence-corrected chi connectivity index (χ2v) is 3.19. The molecular formula is C7H8N2O3S. The third kappa shape index (κ3) is 2.45. The second-order valence-electron chi connectivity index (χ2n) is 2.27. The molecule has 0 saturated heterocycles. The van der Waals surface area contributed by atoms with Gasteiger partial charge in [0.1, 0.15) is 11.5 Å². The SMILES string of the molecule is NC(=O)c1ccsc1NCC(=O)O. The van der Waals surface area contributed by atoms with Gasteiger partial charge in [0.25, 0.3) is 5.91 Å². The molecule has 4 N–H and O–H groups in total. The van der Waals surface area contributed by atoms with E-state index in [1.54, 1.807) is 11.4 Å². The van der Waals surface area contributed by atoms with Crippen LogP contribution < -0.4 is 11.1 Å². The number of amides is 1. The highest BCUT2D eigenvalue weighted by Gasteiger charge is 2.09. The predicted octanol–water partition coefficient (Wildman–Crippen LogP) is 0.343. The molecule has 6 heteroatoms. The molecule has 1 amide bonds. The van der Waals surface area contributed by atoms with E-state index >= 15 is 0 Å². The zero-order valence-corrected chi connectivity index (χ0v) is 7.43. The minimum atomic E-state index is -0.983. The Bertz CT molecular complexity index is 334. The van der Waals surface area contributed by atoms with Gasteiger partial charge in [0.2, 0.25) is 0 Å². The lowest BCUT2D eigenvalue weighted by molar-refractivity contribution is -0.134. The summed E-state index contributed by atoms with van der Waals surface area (Å²) in [7, 11) is 0. The Hall–Kier alpha value is -1.56. The molecular weight excluding hydrogens is 192 g/mol. The normalized spacial score (nSPS) is 9.54. The zero-order chi connectivity index (χ0) is 9.84. The van der Waals surface area contributed by atoms with Crippen LogP contribution in [0.4, 0.5) is 5.00 Å². The van der Waals surface area contributed by atoms with E-state index in [1.807, 2.05) is 0 Å². The van der Waals surface area contributed by atoms with Gasteiger partial charge in [-0.1, -0.05) is 0 Å². The van der Waals surface area contributed by atoms with Gasteiger partial charge in [-0.2, -0.15) is 0 Å². The molecule has 0 aliphatic carbocycles. The van der Waals surface area contributed by atoms with Crippen molar-refractivity contribution in [2.75, 3.05) is 11.9 Å². The van der Waals surface area contributed by atoms with E-state index in [-0.39, 0.29) is 6.54 Å². The Kier molecular flexibility index (Phi) is 2.86. The van der Waals surface area contributed by atoms with Gasteiger partial charge in [0.05, 0.1) is 5.56 Å². The number of carbonyl (C=O) groups is 2. The van der Waals surface area contributed by atoms with Gasteiger partial charge in [0.15, 0.2) is 0 Å². The number of carbonyl (C=O) groups excluding carboxylic acids is 1. The number of nitrogens with one attached hydrogen (secondary N) is 1.